The quantitative estimate of drug-likeness (QED) is 0.614. The van der Waals surface area contributed by atoms with Crippen LogP contribution in [-0.2, 0) is 0 Å². The van der Waals surface area contributed by atoms with Crippen molar-refractivity contribution in [2.24, 2.45) is 0 Å². The maximum absolute atomic E-state index is 10.7. The van der Waals surface area contributed by atoms with Gasteiger partial charge in [-0.15, -0.1) is 0 Å². The fourth-order valence-electron chi connectivity index (χ4n) is 1.65. The van der Waals surface area contributed by atoms with Gasteiger partial charge < -0.3 is 9.47 Å². The number of halogens is 1. The van der Waals surface area contributed by atoms with Crippen LogP contribution in [0, 0.1) is 21.4 Å². The molecule has 0 spiro atoms. The van der Waals surface area contributed by atoms with E-state index in [1.165, 1.54) is 25.3 Å². The highest BCUT2D eigenvalue weighted by Gasteiger charge is 2.14. The third-order valence-electron chi connectivity index (χ3n) is 2.64. The van der Waals surface area contributed by atoms with Gasteiger partial charge in [0.15, 0.2) is 11.5 Å². The molecule has 0 aliphatic heterocycles. The zero-order valence-electron chi connectivity index (χ0n) is 10.9. The van der Waals surface area contributed by atoms with Crippen LogP contribution < -0.4 is 9.47 Å². The van der Waals surface area contributed by atoms with E-state index in [-0.39, 0.29) is 17.2 Å². The van der Waals surface area contributed by atoms with Crippen molar-refractivity contribution in [3.05, 3.63) is 56.5 Å². The van der Waals surface area contributed by atoms with Gasteiger partial charge in [-0.05, 0) is 24.3 Å². The molecule has 0 bridgehead atoms. The first kappa shape index (κ1) is 14.8. The molecule has 0 saturated heterocycles. The summed E-state index contributed by atoms with van der Waals surface area (Å²) >= 11 is 3.30. The molecule has 0 aliphatic rings. The van der Waals surface area contributed by atoms with Crippen LogP contribution in [0.15, 0.2) is 40.9 Å². The molecule has 0 N–H and O–H groups in total. The van der Waals surface area contributed by atoms with E-state index in [1.807, 2.05) is 6.07 Å². The largest absolute Gasteiger partial charge is 0.493 e. The summed E-state index contributed by atoms with van der Waals surface area (Å²) < 4.78 is 11.5. The maximum Gasteiger partial charge on any atom is 0.273 e. The Morgan fingerprint density at radius 3 is 2.57 bits per heavy atom. The monoisotopic (exact) mass is 348 g/mol. The van der Waals surface area contributed by atoms with Gasteiger partial charge in [0.05, 0.1) is 23.7 Å². The number of non-ortho nitro benzene ring substituents is 1. The lowest BCUT2D eigenvalue weighted by atomic mass is 10.2. The van der Waals surface area contributed by atoms with Crippen molar-refractivity contribution in [1.29, 1.82) is 5.26 Å². The predicted octanol–water partition coefficient (Wildman–Crippen LogP) is 4.03. The number of rotatable bonds is 4. The van der Waals surface area contributed by atoms with E-state index in [4.69, 9.17) is 14.7 Å². The Labute approximate surface area is 128 Å². The second-order valence-electron chi connectivity index (χ2n) is 3.95. The number of ether oxygens (including phenoxy) is 2. The predicted molar refractivity (Wildman–Crippen MR) is 78.6 cm³/mol. The third-order valence-corrected chi connectivity index (χ3v) is 3.14. The van der Waals surface area contributed by atoms with Crippen LogP contribution in [0.2, 0.25) is 0 Å². The van der Waals surface area contributed by atoms with Crippen molar-refractivity contribution in [2.75, 3.05) is 7.11 Å². The number of nitro groups is 1. The van der Waals surface area contributed by atoms with Gasteiger partial charge in [0.25, 0.3) is 5.69 Å². The summed E-state index contributed by atoms with van der Waals surface area (Å²) in [4.78, 5) is 10.2. The summed E-state index contributed by atoms with van der Waals surface area (Å²) in [5, 5.41) is 19.8. The van der Waals surface area contributed by atoms with Crippen molar-refractivity contribution in [3.8, 4) is 23.3 Å². The van der Waals surface area contributed by atoms with Gasteiger partial charge >= 0.3 is 0 Å². The molecule has 6 nitrogen and oxygen atoms in total. The lowest BCUT2D eigenvalue weighted by Crippen LogP contribution is -1.94. The minimum absolute atomic E-state index is 0.103. The lowest BCUT2D eigenvalue weighted by molar-refractivity contribution is -0.384. The first-order valence-corrected chi connectivity index (χ1v) is 6.54. The van der Waals surface area contributed by atoms with E-state index >= 15 is 0 Å². The molecule has 0 aromatic heterocycles. The van der Waals surface area contributed by atoms with E-state index in [9.17, 15) is 10.1 Å². The highest BCUT2D eigenvalue weighted by atomic mass is 79.9. The molecule has 0 heterocycles. The van der Waals surface area contributed by atoms with E-state index in [0.29, 0.717) is 11.3 Å². The molecule has 2 aromatic rings. The Balaban J connectivity index is 2.42. The van der Waals surface area contributed by atoms with Crippen LogP contribution in [0.3, 0.4) is 0 Å². The van der Waals surface area contributed by atoms with Crippen molar-refractivity contribution >= 4 is 21.6 Å². The molecule has 7 heteroatoms. The van der Waals surface area contributed by atoms with Crippen molar-refractivity contribution < 1.29 is 14.4 Å². The molecule has 2 rings (SSSR count). The zero-order chi connectivity index (χ0) is 15.4. The van der Waals surface area contributed by atoms with E-state index < -0.39 is 4.92 Å². The normalized spacial score (nSPS) is 9.76. The highest BCUT2D eigenvalue weighted by Crippen LogP contribution is 2.36. The second-order valence-corrected chi connectivity index (χ2v) is 4.86. The summed E-state index contributed by atoms with van der Waals surface area (Å²) in [5.74, 6) is 0.838. The number of hydrogen-bond acceptors (Lipinski definition) is 5. The van der Waals surface area contributed by atoms with Crippen LogP contribution in [0.1, 0.15) is 5.56 Å². The molecule has 0 aliphatic carbocycles. The Kier molecular flexibility index (Phi) is 4.40. The van der Waals surface area contributed by atoms with Gasteiger partial charge in [0.1, 0.15) is 11.8 Å². The van der Waals surface area contributed by atoms with E-state index in [2.05, 4.69) is 15.9 Å². The summed E-state index contributed by atoms with van der Waals surface area (Å²) in [6, 6.07) is 11.0. The number of benzene rings is 2. The molecule has 21 heavy (non-hydrogen) atoms. The lowest BCUT2D eigenvalue weighted by Gasteiger charge is -2.11. The van der Waals surface area contributed by atoms with Crippen LogP contribution in [0.25, 0.3) is 0 Å². The van der Waals surface area contributed by atoms with E-state index in [1.54, 1.807) is 18.2 Å². The minimum Gasteiger partial charge on any atom is -0.493 e. The molecule has 0 unspecified atom stereocenters. The molecule has 106 valence electrons. The Morgan fingerprint density at radius 2 is 1.95 bits per heavy atom. The van der Waals surface area contributed by atoms with Crippen LogP contribution in [0.5, 0.6) is 17.2 Å². The molecule has 2 aromatic carbocycles. The van der Waals surface area contributed by atoms with Crippen LogP contribution in [0.4, 0.5) is 5.69 Å². The smallest absolute Gasteiger partial charge is 0.273 e. The molecule has 0 atom stereocenters. The van der Waals surface area contributed by atoms with Gasteiger partial charge in [0, 0.05) is 10.5 Å². The van der Waals surface area contributed by atoms with Gasteiger partial charge in [-0.1, -0.05) is 15.9 Å². The fourth-order valence-corrected chi connectivity index (χ4v) is 1.99. The average Bonchev–Trinajstić information content (AvgIpc) is 2.47. The van der Waals surface area contributed by atoms with Gasteiger partial charge in [0.2, 0.25) is 0 Å². The molecule has 0 amide bonds. The third kappa shape index (κ3) is 3.30. The second kappa shape index (κ2) is 6.24. The van der Waals surface area contributed by atoms with Crippen LogP contribution in [-0.4, -0.2) is 12.0 Å². The molecule has 0 saturated carbocycles. The first-order chi connectivity index (χ1) is 10.0. The van der Waals surface area contributed by atoms with Crippen molar-refractivity contribution in [3.63, 3.8) is 0 Å². The minimum atomic E-state index is -0.522. The number of nitriles is 1. The van der Waals surface area contributed by atoms with Crippen molar-refractivity contribution in [1.82, 2.24) is 0 Å². The average molecular weight is 349 g/mol. The van der Waals surface area contributed by atoms with Gasteiger partial charge in [-0.3, -0.25) is 10.1 Å². The summed E-state index contributed by atoms with van der Waals surface area (Å²) in [6.45, 7) is 0. The highest BCUT2D eigenvalue weighted by molar-refractivity contribution is 9.10. The fraction of sp³-hybridized carbons (Fsp3) is 0.0714. The maximum atomic E-state index is 10.7. The molecule has 0 fully saturated rings. The Morgan fingerprint density at radius 1 is 1.19 bits per heavy atom. The summed E-state index contributed by atoms with van der Waals surface area (Å²) in [6.07, 6.45) is 0. The number of nitrogens with zero attached hydrogens (tertiary/aromatic N) is 2. The molecular weight excluding hydrogens is 340 g/mol. The number of methoxy groups -OCH3 is 1. The number of nitro benzene ring substituents is 1. The van der Waals surface area contributed by atoms with E-state index in [0.717, 1.165) is 4.47 Å². The Hall–Kier alpha value is -2.59. The summed E-state index contributed by atoms with van der Waals surface area (Å²) in [5.41, 5.74) is 0.243. The van der Waals surface area contributed by atoms with Gasteiger partial charge in [-0.2, -0.15) is 5.26 Å². The first-order valence-electron chi connectivity index (χ1n) is 5.75. The SMILES string of the molecule is COc1cc([N+](=O)[O-])ccc1Oc1cc(Br)ccc1C#N. The number of hydrogen-bond donors (Lipinski definition) is 0. The topological polar surface area (TPSA) is 85.4 Å². The zero-order valence-corrected chi connectivity index (χ0v) is 12.5. The molecular formula is C14H9BrN2O4. The summed E-state index contributed by atoms with van der Waals surface area (Å²) in [7, 11) is 1.39. The van der Waals surface area contributed by atoms with Gasteiger partial charge in [-0.25, -0.2) is 0 Å². The standard InChI is InChI=1S/C14H9BrN2O4/c1-20-14-7-11(17(18)19)4-5-12(14)21-13-6-10(15)3-2-9(13)8-16/h2-7H,1H3. The van der Waals surface area contributed by atoms with Crippen LogP contribution >= 0.6 is 15.9 Å². The van der Waals surface area contributed by atoms with Crippen molar-refractivity contribution in [2.45, 2.75) is 0 Å². The Bertz CT molecular complexity index is 740. The molecule has 0 radical (unpaired) electrons.